The van der Waals surface area contributed by atoms with E-state index in [1.165, 1.54) is 5.56 Å². The Morgan fingerprint density at radius 2 is 1.63 bits per heavy atom. The molecule has 4 heteroatoms. The maximum Gasteiger partial charge on any atom is 0.211 e. The van der Waals surface area contributed by atoms with Crippen molar-refractivity contribution in [1.29, 1.82) is 0 Å². The van der Waals surface area contributed by atoms with Crippen molar-refractivity contribution in [2.45, 2.75) is 13.8 Å². The van der Waals surface area contributed by atoms with Crippen molar-refractivity contribution >= 4 is 23.5 Å². The molecule has 1 N–H and O–H groups in total. The van der Waals surface area contributed by atoms with E-state index in [-0.39, 0.29) is 0 Å². The highest BCUT2D eigenvalue weighted by Gasteiger charge is 2.01. The van der Waals surface area contributed by atoms with Gasteiger partial charge in [-0.1, -0.05) is 23.8 Å². The Bertz CT molecular complexity index is 603. The van der Waals surface area contributed by atoms with Gasteiger partial charge in [-0.25, -0.2) is 0 Å². The Kier molecular flexibility index (Phi) is 4.03. The van der Waals surface area contributed by atoms with Gasteiger partial charge in [-0.2, -0.15) is 5.11 Å². The fourth-order valence-corrected chi connectivity index (χ4v) is 1.63. The van der Waals surface area contributed by atoms with Gasteiger partial charge in [0.2, 0.25) is 6.41 Å². The number of hydrogen-bond donors (Lipinski definition) is 1. The van der Waals surface area contributed by atoms with Crippen LogP contribution in [0.25, 0.3) is 0 Å². The molecule has 1 amide bonds. The second-order valence-corrected chi connectivity index (χ2v) is 4.32. The number of azo groups is 1. The highest BCUT2D eigenvalue weighted by atomic mass is 16.1. The molecule has 4 nitrogen and oxygen atoms in total. The van der Waals surface area contributed by atoms with Crippen molar-refractivity contribution in [3.05, 3.63) is 53.6 Å². The smallest absolute Gasteiger partial charge is 0.211 e. The number of aryl methyl sites for hydroxylation is 2. The summed E-state index contributed by atoms with van der Waals surface area (Å²) in [6.07, 6.45) is 0.634. The van der Waals surface area contributed by atoms with Crippen LogP contribution in [0.5, 0.6) is 0 Å². The van der Waals surface area contributed by atoms with Crippen LogP contribution in [0.2, 0.25) is 0 Å². The minimum Gasteiger partial charge on any atom is -0.327 e. The lowest BCUT2D eigenvalue weighted by atomic mass is 10.2. The number of nitrogens with zero attached hydrogens (tertiary/aromatic N) is 2. The van der Waals surface area contributed by atoms with Gasteiger partial charge in [-0.3, -0.25) is 4.79 Å². The van der Waals surface area contributed by atoms with Gasteiger partial charge in [0, 0.05) is 0 Å². The predicted molar refractivity (Wildman–Crippen MR) is 76.2 cm³/mol. The lowest BCUT2D eigenvalue weighted by Crippen LogP contribution is -1.93. The van der Waals surface area contributed by atoms with E-state index < -0.39 is 0 Å². The van der Waals surface area contributed by atoms with Crippen LogP contribution >= 0.6 is 0 Å². The van der Waals surface area contributed by atoms with Crippen LogP contribution in [-0.4, -0.2) is 6.41 Å². The maximum absolute atomic E-state index is 10.5. The fraction of sp³-hybridized carbons (Fsp3) is 0.133. The van der Waals surface area contributed by atoms with Crippen LogP contribution < -0.4 is 5.32 Å². The third kappa shape index (κ3) is 3.48. The summed E-state index contributed by atoms with van der Waals surface area (Å²) in [6, 6.07) is 13.4. The molecule has 0 unspecified atom stereocenters. The van der Waals surface area contributed by atoms with Gasteiger partial charge in [0.1, 0.15) is 5.69 Å². The van der Waals surface area contributed by atoms with Crippen LogP contribution in [0.4, 0.5) is 17.1 Å². The van der Waals surface area contributed by atoms with E-state index in [1.807, 2.05) is 56.3 Å². The first-order valence-electron chi connectivity index (χ1n) is 5.98. The highest BCUT2D eigenvalue weighted by Crippen LogP contribution is 2.27. The van der Waals surface area contributed by atoms with E-state index in [2.05, 4.69) is 15.5 Å². The Hall–Kier alpha value is -2.49. The Balaban J connectivity index is 2.28. The van der Waals surface area contributed by atoms with Crippen LogP contribution in [0.3, 0.4) is 0 Å². The van der Waals surface area contributed by atoms with Crippen molar-refractivity contribution in [3.8, 4) is 0 Å². The van der Waals surface area contributed by atoms with Crippen molar-refractivity contribution in [3.63, 3.8) is 0 Å². The second-order valence-electron chi connectivity index (χ2n) is 4.32. The van der Waals surface area contributed by atoms with E-state index in [4.69, 9.17) is 0 Å². The van der Waals surface area contributed by atoms with E-state index in [1.54, 1.807) is 0 Å². The number of nitrogens with one attached hydrogen (secondary N) is 1. The van der Waals surface area contributed by atoms with Crippen LogP contribution in [-0.2, 0) is 4.79 Å². The van der Waals surface area contributed by atoms with Crippen molar-refractivity contribution < 1.29 is 4.79 Å². The number of rotatable bonds is 4. The summed E-state index contributed by atoms with van der Waals surface area (Å²) in [7, 11) is 0. The summed E-state index contributed by atoms with van der Waals surface area (Å²) in [5, 5.41) is 11.0. The summed E-state index contributed by atoms with van der Waals surface area (Å²) in [6.45, 7) is 3.99. The molecule has 2 aromatic carbocycles. The zero-order valence-electron chi connectivity index (χ0n) is 10.9. The molecule has 0 bridgehead atoms. The SMILES string of the molecule is Cc1ccc(N=Nc2cc(C)ccc2NC=O)cc1. The Morgan fingerprint density at radius 3 is 2.32 bits per heavy atom. The van der Waals surface area contributed by atoms with E-state index in [0.717, 1.165) is 11.3 Å². The molecule has 0 aliphatic rings. The van der Waals surface area contributed by atoms with E-state index in [9.17, 15) is 4.79 Å². The Morgan fingerprint density at radius 1 is 0.947 bits per heavy atom. The molecule has 0 aromatic heterocycles. The Labute approximate surface area is 112 Å². The molecular weight excluding hydrogens is 238 g/mol. The molecule has 0 aliphatic carbocycles. The summed E-state index contributed by atoms with van der Waals surface area (Å²) >= 11 is 0. The molecule has 0 atom stereocenters. The van der Waals surface area contributed by atoms with Gasteiger partial charge in [0.15, 0.2) is 0 Å². The predicted octanol–water partition coefficient (Wildman–Crippen LogP) is 4.29. The fourth-order valence-electron chi connectivity index (χ4n) is 1.63. The van der Waals surface area contributed by atoms with Crippen molar-refractivity contribution in [2.24, 2.45) is 10.2 Å². The van der Waals surface area contributed by atoms with Crippen molar-refractivity contribution in [1.82, 2.24) is 0 Å². The van der Waals surface area contributed by atoms with Gasteiger partial charge in [-0.15, -0.1) is 5.11 Å². The molecular formula is C15H15N3O. The molecule has 0 saturated carbocycles. The number of amides is 1. The quantitative estimate of drug-likeness (QED) is 0.641. The molecule has 0 radical (unpaired) electrons. The second kappa shape index (κ2) is 5.91. The summed E-state index contributed by atoms with van der Waals surface area (Å²) in [5.41, 5.74) is 4.32. The third-order valence-corrected chi connectivity index (χ3v) is 2.67. The first kappa shape index (κ1) is 13.0. The number of benzene rings is 2. The molecule has 0 spiro atoms. The zero-order valence-corrected chi connectivity index (χ0v) is 10.9. The third-order valence-electron chi connectivity index (χ3n) is 2.67. The largest absolute Gasteiger partial charge is 0.327 e. The van der Waals surface area contributed by atoms with Crippen LogP contribution in [0.1, 0.15) is 11.1 Å². The molecule has 0 saturated heterocycles. The lowest BCUT2D eigenvalue weighted by molar-refractivity contribution is -0.105. The highest BCUT2D eigenvalue weighted by molar-refractivity contribution is 5.79. The van der Waals surface area contributed by atoms with Gasteiger partial charge >= 0.3 is 0 Å². The molecule has 0 fully saturated rings. The van der Waals surface area contributed by atoms with Gasteiger partial charge in [-0.05, 0) is 43.7 Å². The average molecular weight is 253 g/mol. The summed E-state index contributed by atoms with van der Waals surface area (Å²) < 4.78 is 0. The monoisotopic (exact) mass is 253 g/mol. The standard InChI is InChI=1S/C15H15N3O/c1-11-3-6-13(7-4-11)17-18-15-9-12(2)5-8-14(15)16-10-19/h3-10H,1-2H3,(H,16,19). The molecule has 2 aromatic rings. The number of carbonyl (C=O) groups is 1. The van der Waals surface area contributed by atoms with E-state index >= 15 is 0 Å². The number of hydrogen-bond acceptors (Lipinski definition) is 3. The normalized spacial score (nSPS) is 10.6. The molecule has 0 heterocycles. The van der Waals surface area contributed by atoms with Crippen LogP contribution in [0.15, 0.2) is 52.7 Å². The van der Waals surface area contributed by atoms with E-state index in [0.29, 0.717) is 17.8 Å². The number of anilines is 1. The summed E-state index contributed by atoms with van der Waals surface area (Å²) in [5.74, 6) is 0. The first-order chi connectivity index (χ1) is 9.19. The first-order valence-corrected chi connectivity index (χ1v) is 5.98. The zero-order chi connectivity index (χ0) is 13.7. The van der Waals surface area contributed by atoms with Gasteiger partial charge in [0.25, 0.3) is 0 Å². The molecule has 2 rings (SSSR count). The topological polar surface area (TPSA) is 53.8 Å². The molecule has 0 aliphatic heterocycles. The van der Waals surface area contributed by atoms with Gasteiger partial charge < -0.3 is 5.32 Å². The van der Waals surface area contributed by atoms with Crippen molar-refractivity contribution in [2.75, 3.05) is 5.32 Å². The van der Waals surface area contributed by atoms with Gasteiger partial charge in [0.05, 0.1) is 11.4 Å². The molecule has 96 valence electrons. The number of carbonyl (C=O) groups excluding carboxylic acids is 1. The minimum atomic E-state index is 0.634. The lowest BCUT2D eigenvalue weighted by Gasteiger charge is -2.03. The minimum absolute atomic E-state index is 0.634. The average Bonchev–Trinajstić information content (AvgIpc) is 2.41. The molecule has 19 heavy (non-hydrogen) atoms. The van der Waals surface area contributed by atoms with Crippen LogP contribution in [0, 0.1) is 13.8 Å². The maximum atomic E-state index is 10.5. The summed E-state index contributed by atoms with van der Waals surface area (Å²) in [4.78, 5) is 10.5.